The molecule has 2 aromatic rings. The summed E-state index contributed by atoms with van der Waals surface area (Å²) in [7, 11) is 0. The van der Waals surface area contributed by atoms with Crippen LogP contribution in [0.25, 0.3) is 0 Å². The van der Waals surface area contributed by atoms with Crippen molar-refractivity contribution in [2.45, 2.75) is 26.3 Å². The van der Waals surface area contributed by atoms with Crippen LogP contribution in [0.1, 0.15) is 30.6 Å². The Morgan fingerprint density at radius 2 is 1.79 bits per heavy atom. The molecular formula is C21H24ClFN2O3. The summed E-state index contributed by atoms with van der Waals surface area (Å²) in [5, 5.41) is 5.88. The van der Waals surface area contributed by atoms with E-state index in [-0.39, 0.29) is 23.5 Å². The Labute approximate surface area is 169 Å². The highest BCUT2D eigenvalue weighted by molar-refractivity contribution is 6.33. The minimum absolute atomic E-state index is 0.0955. The largest absolute Gasteiger partial charge is 0.494 e. The minimum atomic E-state index is -0.679. The van der Waals surface area contributed by atoms with Gasteiger partial charge in [-0.25, -0.2) is 4.39 Å². The van der Waals surface area contributed by atoms with Crippen LogP contribution < -0.4 is 15.4 Å². The molecule has 2 aromatic carbocycles. The topological polar surface area (TPSA) is 67.4 Å². The summed E-state index contributed by atoms with van der Waals surface area (Å²) in [5.74, 6) is -0.504. The van der Waals surface area contributed by atoms with Crippen LogP contribution in [0, 0.1) is 11.7 Å². The number of rotatable bonds is 9. The van der Waals surface area contributed by atoms with E-state index in [1.165, 1.54) is 12.1 Å². The molecule has 2 N–H and O–H groups in total. The third-order valence-electron chi connectivity index (χ3n) is 4.06. The number of hydrogen-bond donors (Lipinski definition) is 2. The van der Waals surface area contributed by atoms with E-state index >= 15 is 0 Å². The zero-order valence-corrected chi connectivity index (χ0v) is 16.6. The number of benzene rings is 2. The number of carbonyl (C=O) groups excluding carboxylic acids is 2. The fraction of sp³-hybridized carbons (Fsp3) is 0.333. The first kappa shape index (κ1) is 21.7. The second kappa shape index (κ2) is 10.7. The lowest BCUT2D eigenvalue weighted by Gasteiger charge is -2.22. The number of halogens is 2. The molecule has 0 aromatic heterocycles. The molecule has 0 spiro atoms. The molecule has 28 heavy (non-hydrogen) atoms. The van der Waals surface area contributed by atoms with Gasteiger partial charge < -0.3 is 15.4 Å². The summed E-state index contributed by atoms with van der Waals surface area (Å²) in [4.78, 5) is 24.9. The Morgan fingerprint density at radius 1 is 1.11 bits per heavy atom. The monoisotopic (exact) mass is 406 g/mol. The smallest absolute Gasteiger partial charge is 0.253 e. The van der Waals surface area contributed by atoms with Crippen LogP contribution in [0.4, 0.5) is 4.39 Å². The zero-order chi connectivity index (χ0) is 20.5. The van der Waals surface area contributed by atoms with E-state index in [0.29, 0.717) is 35.9 Å². The average molecular weight is 407 g/mol. The lowest BCUT2D eigenvalue weighted by molar-refractivity contribution is -0.123. The van der Waals surface area contributed by atoms with Gasteiger partial charge in [-0.1, -0.05) is 37.6 Å². The van der Waals surface area contributed by atoms with E-state index in [1.807, 2.05) is 13.8 Å². The Kier molecular flexibility index (Phi) is 8.26. The normalized spacial score (nSPS) is 11.8. The highest BCUT2D eigenvalue weighted by Gasteiger charge is 2.25. The molecule has 150 valence electrons. The van der Waals surface area contributed by atoms with Crippen molar-refractivity contribution in [3.8, 4) is 5.75 Å². The molecule has 0 saturated carbocycles. The first-order valence-corrected chi connectivity index (χ1v) is 9.47. The maximum absolute atomic E-state index is 12.8. The van der Waals surface area contributed by atoms with E-state index in [1.54, 1.807) is 36.4 Å². The predicted octanol–water partition coefficient (Wildman–Crippen LogP) is 3.82. The van der Waals surface area contributed by atoms with Crippen molar-refractivity contribution >= 4 is 23.4 Å². The molecule has 0 saturated heterocycles. The number of amides is 2. The molecule has 0 aliphatic heterocycles. The second-order valence-electron chi connectivity index (χ2n) is 6.62. The van der Waals surface area contributed by atoms with Crippen LogP contribution in [0.3, 0.4) is 0 Å². The van der Waals surface area contributed by atoms with E-state index < -0.39 is 6.04 Å². The minimum Gasteiger partial charge on any atom is -0.494 e. The van der Waals surface area contributed by atoms with E-state index in [9.17, 15) is 14.0 Å². The van der Waals surface area contributed by atoms with E-state index in [4.69, 9.17) is 16.3 Å². The van der Waals surface area contributed by atoms with Gasteiger partial charge in [-0.3, -0.25) is 9.59 Å². The van der Waals surface area contributed by atoms with Crippen molar-refractivity contribution in [3.05, 3.63) is 64.9 Å². The molecule has 0 fully saturated rings. The Bertz CT molecular complexity index is 796. The third kappa shape index (κ3) is 6.53. The maximum atomic E-state index is 12.8. The molecule has 1 unspecified atom stereocenters. The number of nitrogens with one attached hydrogen (secondary N) is 2. The van der Waals surface area contributed by atoms with Gasteiger partial charge in [0.15, 0.2) is 0 Å². The Morgan fingerprint density at radius 3 is 2.43 bits per heavy atom. The molecule has 2 amide bonds. The third-order valence-corrected chi connectivity index (χ3v) is 4.39. The average Bonchev–Trinajstić information content (AvgIpc) is 2.67. The molecule has 0 radical (unpaired) electrons. The van der Waals surface area contributed by atoms with Crippen LogP contribution in [-0.2, 0) is 4.79 Å². The first-order chi connectivity index (χ1) is 13.4. The van der Waals surface area contributed by atoms with Gasteiger partial charge in [0.25, 0.3) is 5.91 Å². The molecule has 1 atom stereocenters. The van der Waals surface area contributed by atoms with Crippen molar-refractivity contribution in [1.82, 2.24) is 10.6 Å². The van der Waals surface area contributed by atoms with Crippen LogP contribution in [0.5, 0.6) is 5.75 Å². The van der Waals surface area contributed by atoms with Crippen LogP contribution >= 0.6 is 11.6 Å². The molecule has 0 heterocycles. The lowest BCUT2D eigenvalue weighted by Crippen LogP contribution is -2.50. The van der Waals surface area contributed by atoms with Crippen LogP contribution in [0.2, 0.25) is 5.02 Å². The number of ether oxygens (including phenoxy) is 1. The molecule has 5 nitrogen and oxygen atoms in total. The molecule has 0 aliphatic rings. The van der Waals surface area contributed by atoms with Gasteiger partial charge >= 0.3 is 0 Å². The van der Waals surface area contributed by atoms with Crippen LogP contribution in [0.15, 0.2) is 48.5 Å². The van der Waals surface area contributed by atoms with Crippen LogP contribution in [-0.4, -0.2) is 31.0 Å². The summed E-state index contributed by atoms with van der Waals surface area (Å²) in [6.07, 6.45) is 0.576. The van der Waals surface area contributed by atoms with Gasteiger partial charge in [-0.05, 0) is 48.7 Å². The quantitative estimate of drug-likeness (QED) is 0.622. The Hall–Kier alpha value is -2.60. The molecular weight excluding hydrogens is 383 g/mol. The van der Waals surface area contributed by atoms with Crippen molar-refractivity contribution in [3.63, 3.8) is 0 Å². The van der Waals surface area contributed by atoms with E-state index in [2.05, 4.69) is 10.6 Å². The highest BCUT2D eigenvalue weighted by atomic mass is 35.5. The zero-order valence-electron chi connectivity index (χ0n) is 15.9. The lowest BCUT2D eigenvalue weighted by atomic mass is 10.0. The summed E-state index contributed by atoms with van der Waals surface area (Å²) >= 11 is 6.04. The van der Waals surface area contributed by atoms with Crippen molar-refractivity contribution in [2.75, 3.05) is 13.2 Å². The highest BCUT2D eigenvalue weighted by Crippen LogP contribution is 2.15. The summed E-state index contributed by atoms with van der Waals surface area (Å²) in [6, 6.07) is 11.8. The van der Waals surface area contributed by atoms with E-state index in [0.717, 1.165) is 0 Å². The fourth-order valence-corrected chi connectivity index (χ4v) is 2.74. The van der Waals surface area contributed by atoms with Gasteiger partial charge in [-0.2, -0.15) is 0 Å². The van der Waals surface area contributed by atoms with Gasteiger partial charge in [-0.15, -0.1) is 0 Å². The summed E-state index contributed by atoms with van der Waals surface area (Å²) in [6.45, 7) is 4.49. The number of carbonyl (C=O) groups is 2. The summed E-state index contributed by atoms with van der Waals surface area (Å²) < 4.78 is 18.3. The molecule has 7 heteroatoms. The maximum Gasteiger partial charge on any atom is 0.253 e. The van der Waals surface area contributed by atoms with Gasteiger partial charge in [0.1, 0.15) is 17.6 Å². The van der Waals surface area contributed by atoms with Gasteiger partial charge in [0.2, 0.25) is 5.91 Å². The van der Waals surface area contributed by atoms with Crippen molar-refractivity contribution in [1.29, 1.82) is 0 Å². The first-order valence-electron chi connectivity index (χ1n) is 9.10. The van der Waals surface area contributed by atoms with Crippen molar-refractivity contribution in [2.24, 2.45) is 5.92 Å². The predicted molar refractivity (Wildman–Crippen MR) is 107 cm³/mol. The molecule has 0 aliphatic carbocycles. The van der Waals surface area contributed by atoms with Gasteiger partial charge in [0, 0.05) is 6.54 Å². The van der Waals surface area contributed by atoms with Crippen molar-refractivity contribution < 1.29 is 18.7 Å². The Balaban J connectivity index is 1.79. The molecule has 2 rings (SSSR count). The standard InChI is InChI=1S/C21H24ClFN2O3/c1-14(2)19(25-20(26)17-6-3-4-7-18(17)22)21(27)24-12-5-13-28-16-10-8-15(23)9-11-16/h3-4,6-11,14,19H,5,12-13H2,1-2H3,(H,24,27)(H,25,26). The second-order valence-corrected chi connectivity index (χ2v) is 7.03. The fourth-order valence-electron chi connectivity index (χ4n) is 2.51. The summed E-state index contributed by atoms with van der Waals surface area (Å²) in [5.41, 5.74) is 0.329. The molecule has 0 bridgehead atoms. The SMILES string of the molecule is CC(C)C(NC(=O)c1ccccc1Cl)C(=O)NCCCOc1ccc(F)cc1. The van der Waals surface area contributed by atoms with Gasteiger partial charge in [0.05, 0.1) is 17.2 Å². The number of hydrogen-bond acceptors (Lipinski definition) is 3.